The summed E-state index contributed by atoms with van der Waals surface area (Å²) >= 11 is 3.42. The fourth-order valence-electron chi connectivity index (χ4n) is 1.33. The zero-order valence-corrected chi connectivity index (χ0v) is 11.7. The van der Waals surface area contributed by atoms with Gasteiger partial charge in [-0.1, -0.05) is 0 Å². The zero-order valence-electron chi connectivity index (χ0n) is 10.1. The van der Waals surface area contributed by atoms with E-state index in [1.54, 1.807) is 7.11 Å². The molecule has 0 heterocycles. The average Bonchev–Trinajstić information content (AvgIpc) is 2.35. The van der Waals surface area contributed by atoms with Gasteiger partial charge in [0.15, 0.2) is 0 Å². The molecule has 17 heavy (non-hydrogen) atoms. The molecule has 0 aliphatic carbocycles. The standard InChI is InChI=1S/C12H18BrNO3/c1-3-16-10(7-14)8-17-12-5-4-9(15-2)6-11(12)13/h4-6,10H,3,7-8,14H2,1-2H3. The highest BCUT2D eigenvalue weighted by Crippen LogP contribution is 2.29. The molecule has 1 aromatic rings. The van der Waals surface area contributed by atoms with Crippen LogP contribution in [0.3, 0.4) is 0 Å². The SMILES string of the molecule is CCOC(CN)COc1ccc(OC)cc1Br. The molecule has 0 amide bonds. The van der Waals surface area contributed by atoms with Gasteiger partial charge in [-0.2, -0.15) is 0 Å². The van der Waals surface area contributed by atoms with Crippen molar-refractivity contribution in [2.24, 2.45) is 5.73 Å². The maximum absolute atomic E-state index is 5.63. The van der Waals surface area contributed by atoms with Crippen LogP contribution in [-0.2, 0) is 4.74 Å². The van der Waals surface area contributed by atoms with Gasteiger partial charge in [-0.15, -0.1) is 0 Å². The second-order valence-electron chi connectivity index (χ2n) is 3.42. The minimum Gasteiger partial charge on any atom is -0.497 e. The Morgan fingerprint density at radius 3 is 2.71 bits per heavy atom. The quantitative estimate of drug-likeness (QED) is 0.839. The van der Waals surface area contributed by atoms with Crippen molar-refractivity contribution in [2.45, 2.75) is 13.0 Å². The molecular formula is C12H18BrNO3. The molecule has 1 unspecified atom stereocenters. The Hall–Kier alpha value is -0.780. The van der Waals surface area contributed by atoms with Crippen LogP contribution in [0.25, 0.3) is 0 Å². The van der Waals surface area contributed by atoms with E-state index in [0.717, 1.165) is 16.0 Å². The molecule has 0 aromatic heterocycles. The molecule has 5 heteroatoms. The highest BCUT2D eigenvalue weighted by atomic mass is 79.9. The summed E-state index contributed by atoms with van der Waals surface area (Å²) < 4.78 is 17.0. The summed E-state index contributed by atoms with van der Waals surface area (Å²) in [5.41, 5.74) is 5.57. The molecule has 4 nitrogen and oxygen atoms in total. The number of hydrogen-bond donors (Lipinski definition) is 1. The van der Waals surface area contributed by atoms with Crippen LogP contribution in [0.1, 0.15) is 6.92 Å². The van der Waals surface area contributed by atoms with Gasteiger partial charge in [-0.25, -0.2) is 0 Å². The predicted octanol–water partition coefficient (Wildman–Crippen LogP) is 2.20. The van der Waals surface area contributed by atoms with Gasteiger partial charge in [-0.3, -0.25) is 0 Å². The lowest BCUT2D eigenvalue weighted by molar-refractivity contribution is 0.0335. The molecular weight excluding hydrogens is 286 g/mol. The van der Waals surface area contributed by atoms with Crippen molar-refractivity contribution in [3.8, 4) is 11.5 Å². The molecule has 0 bridgehead atoms. The summed E-state index contributed by atoms with van der Waals surface area (Å²) in [6.45, 7) is 3.46. The molecule has 0 aliphatic heterocycles. The molecule has 0 fully saturated rings. The van der Waals surface area contributed by atoms with Gasteiger partial charge < -0.3 is 19.9 Å². The number of methoxy groups -OCH3 is 1. The fourth-order valence-corrected chi connectivity index (χ4v) is 1.80. The van der Waals surface area contributed by atoms with Gasteiger partial charge in [0.1, 0.15) is 24.2 Å². The van der Waals surface area contributed by atoms with Crippen molar-refractivity contribution < 1.29 is 14.2 Å². The monoisotopic (exact) mass is 303 g/mol. The third-order valence-corrected chi connectivity index (χ3v) is 2.85. The molecule has 0 radical (unpaired) electrons. The van der Waals surface area contributed by atoms with Crippen molar-refractivity contribution in [3.05, 3.63) is 22.7 Å². The normalized spacial score (nSPS) is 12.2. The highest BCUT2D eigenvalue weighted by molar-refractivity contribution is 9.10. The van der Waals surface area contributed by atoms with Crippen LogP contribution in [0.15, 0.2) is 22.7 Å². The minimum atomic E-state index is -0.0750. The smallest absolute Gasteiger partial charge is 0.133 e. The molecule has 96 valence electrons. The number of nitrogens with two attached hydrogens (primary N) is 1. The van der Waals surface area contributed by atoms with Crippen molar-refractivity contribution >= 4 is 15.9 Å². The Bertz CT molecular complexity index is 347. The first-order chi connectivity index (χ1) is 8.21. The van der Waals surface area contributed by atoms with E-state index in [2.05, 4.69) is 15.9 Å². The van der Waals surface area contributed by atoms with Gasteiger partial charge in [0.2, 0.25) is 0 Å². The number of benzene rings is 1. The van der Waals surface area contributed by atoms with Crippen LogP contribution >= 0.6 is 15.9 Å². The minimum absolute atomic E-state index is 0.0750. The first-order valence-electron chi connectivity index (χ1n) is 5.49. The summed E-state index contributed by atoms with van der Waals surface area (Å²) in [7, 11) is 1.63. The van der Waals surface area contributed by atoms with E-state index in [0.29, 0.717) is 19.8 Å². The summed E-state index contributed by atoms with van der Waals surface area (Å²) in [6.07, 6.45) is -0.0750. The number of hydrogen-bond acceptors (Lipinski definition) is 4. The molecule has 1 atom stereocenters. The summed E-state index contributed by atoms with van der Waals surface area (Å²) in [5, 5.41) is 0. The van der Waals surface area contributed by atoms with Crippen LogP contribution in [0.4, 0.5) is 0 Å². The van der Waals surface area contributed by atoms with E-state index in [1.165, 1.54) is 0 Å². The lowest BCUT2D eigenvalue weighted by Crippen LogP contribution is -2.30. The van der Waals surface area contributed by atoms with Crippen LogP contribution in [-0.4, -0.2) is 33.0 Å². The highest BCUT2D eigenvalue weighted by Gasteiger charge is 2.09. The number of rotatable bonds is 7. The Labute approximate surface area is 110 Å². The van der Waals surface area contributed by atoms with E-state index in [4.69, 9.17) is 19.9 Å². The summed E-state index contributed by atoms with van der Waals surface area (Å²) in [5.74, 6) is 1.54. The van der Waals surface area contributed by atoms with Gasteiger partial charge in [0, 0.05) is 13.2 Å². The zero-order chi connectivity index (χ0) is 12.7. The molecule has 1 aromatic carbocycles. The van der Waals surface area contributed by atoms with Gasteiger partial charge in [0.25, 0.3) is 0 Å². The molecule has 0 aliphatic rings. The Kier molecular flexibility index (Phi) is 6.32. The average molecular weight is 304 g/mol. The van der Waals surface area contributed by atoms with Crippen molar-refractivity contribution in [1.29, 1.82) is 0 Å². The third-order valence-electron chi connectivity index (χ3n) is 2.23. The topological polar surface area (TPSA) is 53.7 Å². The fraction of sp³-hybridized carbons (Fsp3) is 0.500. The van der Waals surface area contributed by atoms with Crippen molar-refractivity contribution in [3.63, 3.8) is 0 Å². The Balaban J connectivity index is 2.56. The lowest BCUT2D eigenvalue weighted by Gasteiger charge is -2.16. The summed E-state index contributed by atoms with van der Waals surface area (Å²) in [6, 6.07) is 5.55. The van der Waals surface area contributed by atoms with Gasteiger partial charge >= 0.3 is 0 Å². The van der Waals surface area contributed by atoms with E-state index < -0.39 is 0 Å². The lowest BCUT2D eigenvalue weighted by atomic mass is 10.3. The summed E-state index contributed by atoms with van der Waals surface area (Å²) in [4.78, 5) is 0. The number of halogens is 1. The molecule has 0 spiro atoms. The maximum Gasteiger partial charge on any atom is 0.133 e. The van der Waals surface area contributed by atoms with Crippen LogP contribution in [0.5, 0.6) is 11.5 Å². The van der Waals surface area contributed by atoms with Gasteiger partial charge in [-0.05, 0) is 41.1 Å². The van der Waals surface area contributed by atoms with Crippen LogP contribution < -0.4 is 15.2 Å². The third kappa shape index (κ3) is 4.53. The number of ether oxygens (including phenoxy) is 3. The first kappa shape index (κ1) is 14.3. The molecule has 0 saturated carbocycles. The first-order valence-corrected chi connectivity index (χ1v) is 6.28. The maximum atomic E-state index is 5.63. The van der Waals surface area contributed by atoms with Crippen molar-refractivity contribution in [2.75, 3.05) is 26.9 Å². The van der Waals surface area contributed by atoms with E-state index >= 15 is 0 Å². The Morgan fingerprint density at radius 1 is 1.41 bits per heavy atom. The van der Waals surface area contributed by atoms with Crippen LogP contribution in [0, 0.1) is 0 Å². The second-order valence-corrected chi connectivity index (χ2v) is 4.27. The molecule has 2 N–H and O–H groups in total. The van der Waals surface area contributed by atoms with E-state index in [1.807, 2.05) is 25.1 Å². The van der Waals surface area contributed by atoms with Gasteiger partial charge in [0.05, 0.1) is 11.6 Å². The Morgan fingerprint density at radius 2 is 2.18 bits per heavy atom. The molecule has 1 rings (SSSR count). The predicted molar refractivity (Wildman–Crippen MR) is 70.7 cm³/mol. The van der Waals surface area contributed by atoms with Crippen LogP contribution in [0.2, 0.25) is 0 Å². The van der Waals surface area contributed by atoms with E-state index in [-0.39, 0.29) is 6.10 Å². The van der Waals surface area contributed by atoms with Crippen molar-refractivity contribution in [1.82, 2.24) is 0 Å². The molecule has 0 saturated heterocycles. The largest absolute Gasteiger partial charge is 0.497 e. The van der Waals surface area contributed by atoms with E-state index in [9.17, 15) is 0 Å². The second kappa shape index (κ2) is 7.53.